The van der Waals surface area contributed by atoms with Crippen LogP contribution in [0.2, 0.25) is 0 Å². The van der Waals surface area contributed by atoms with Crippen LogP contribution in [0.4, 0.5) is 0 Å². The fraction of sp³-hybridized carbons (Fsp3) is 0.857. The maximum atomic E-state index is 12.0. The Bertz CT molecular complexity index is 780. The molecule has 168 valence electrons. The third-order valence-electron chi connectivity index (χ3n) is 8.48. The maximum absolute atomic E-state index is 12.0. The third kappa shape index (κ3) is 2.70. The summed E-state index contributed by atoms with van der Waals surface area (Å²) in [5, 5.41) is 51.2. The van der Waals surface area contributed by atoms with Crippen molar-refractivity contribution in [3.63, 3.8) is 0 Å². The lowest BCUT2D eigenvalue weighted by Crippen LogP contribution is -2.60. The highest BCUT2D eigenvalue weighted by Crippen LogP contribution is 2.73. The minimum absolute atomic E-state index is 0.0489. The van der Waals surface area contributed by atoms with Crippen molar-refractivity contribution < 1.29 is 44.5 Å². The van der Waals surface area contributed by atoms with Gasteiger partial charge in [0, 0.05) is 5.57 Å². The summed E-state index contributed by atoms with van der Waals surface area (Å²) in [7, 11) is 0. The summed E-state index contributed by atoms with van der Waals surface area (Å²) in [6.07, 6.45) is -4.94. The Hall–Kier alpha value is -1.07. The summed E-state index contributed by atoms with van der Waals surface area (Å²) in [5.41, 5.74) is 0.231. The van der Waals surface area contributed by atoms with Crippen LogP contribution in [0, 0.1) is 23.2 Å². The first-order valence-corrected chi connectivity index (χ1v) is 10.7. The summed E-state index contributed by atoms with van der Waals surface area (Å²) < 4.78 is 16.7. The Morgan fingerprint density at radius 3 is 2.60 bits per heavy atom. The van der Waals surface area contributed by atoms with E-state index in [0.29, 0.717) is 24.3 Å². The first kappa shape index (κ1) is 20.8. The highest BCUT2D eigenvalue weighted by molar-refractivity contribution is 5.91. The van der Waals surface area contributed by atoms with Crippen LogP contribution in [0.25, 0.3) is 0 Å². The standard InChI is InChI=1S/C21H30O9/c1-8-9-3-14-20(2,5-12(9)29-18(8)26)10-4-11(10)21(14,27)7-28-19-17(25)16(24)15(23)13(6-22)30-19/h10-17,19,22-25,27H,3-7H2,1-2H3/t10-,11+,12+,13-,14-,15-,16+,17-,19-,20+,21-/m1/s1. The number of carbonyl (C=O) groups is 1. The van der Waals surface area contributed by atoms with Crippen molar-refractivity contribution in [2.24, 2.45) is 23.2 Å². The van der Waals surface area contributed by atoms with Crippen LogP contribution >= 0.6 is 0 Å². The smallest absolute Gasteiger partial charge is 0.334 e. The minimum atomic E-state index is -1.53. The lowest BCUT2D eigenvalue weighted by molar-refractivity contribution is -0.311. The molecular weight excluding hydrogens is 396 g/mol. The van der Waals surface area contributed by atoms with Gasteiger partial charge in [-0.2, -0.15) is 0 Å². The molecule has 30 heavy (non-hydrogen) atoms. The van der Waals surface area contributed by atoms with Gasteiger partial charge in [0.2, 0.25) is 0 Å². The summed E-state index contributed by atoms with van der Waals surface area (Å²) in [4.78, 5) is 12.0. The fourth-order valence-electron chi connectivity index (χ4n) is 6.63. The minimum Gasteiger partial charge on any atom is -0.454 e. The summed E-state index contributed by atoms with van der Waals surface area (Å²) in [5.74, 6) is -0.0544. The van der Waals surface area contributed by atoms with Crippen LogP contribution in [0.15, 0.2) is 11.1 Å². The molecule has 11 atom stereocenters. The Labute approximate surface area is 174 Å². The number of fused-ring (bicyclic) bond motifs is 4. The highest BCUT2D eigenvalue weighted by Gasteiger charge is 2.74. The number of carbonyl (C=O) groups excluding carboxylic acids is 1. The van der Waals surface area contributed by atoms with Crippen LogP contribution in [-0.4, -0.2) is 87.1 Å². The normalized spacial score (nSPS) is 54.5. The lowest BCUT2D eigenvalue weighted by Gasteiger charge is -2.47. The molecule has 3 saturated carbocycles. The zero-order valence-corrected chi connectivity index (χ0v) is 17.1. The molecule has 0 aromatic rings. The number of hydrogen-bond acceptors (Lipinski definition) is 9. The van der Waals surface area contributed by atoms with E-state index in [4.69, 9.17) is 14.2 Å². The Balaban J connectivity index is 1.35. The lowest BCUT2D eigenvalue weighted by atomic mass is 9.61. The zero-order chi connectivity index (χ0) is 21.6. The van der Waals surface area contributed by atoms with E-state index >= 15 is 0 Å². The average Bonchev–Trinajstić information content (AvgIpc) is 3.45. The first-order valence-electron chi connectivity index (χ1n) is 10.7. The van der Waals surface area contributed by atoms with Crippen molar-refractivity contribution in [1.82, 2.24) is 0 Å². The predicted molar refractivity (Wildman–Crippen MR) is 99.7 cm³/mol. The number of rotatable bonds is 4. The van der Waals surface area contributed by atoms with E-state index < -0.39 is 42.9 Å². The van der Waals surface area contributed by atoms with E-state index in [0.717, 1.165) is 12.0 Å². The van der Waals surface area contributed by atoms with Crippen LogP contribution in [0.1, 0.15) is 33.1 Å². The number of aliphatic hydroxyl groups excluding tert-OH is 4. The van der Waals surface area contributed by atoms with Crippen molar-refractivity contribution in [2.75, 3.05) is 13.2 Å². The molecule has 0 aromatic carbocycles. The topological polar surface area (TPSA) is 146 Å². The molecule has 0 amide bonds. The van der Waals surface area contributed by atoms with Gasteiger partial charge in [-0.15, -0.1) is 0 Å². The number of hydrogen-bond donors (Lipinski definition) is 5. The third-order valence-corrected chi connectivity index (χ3v) is 8.48. The van der Waals surface area contributed by atoms with E-state index in [1.165, 1.54) is 0 Å². The monoisotopic (exact) mass is 426 g/mol. The molecule has 5 rings (SSSR count). The molecule has 9 heteroatoms. The molecule has 3 aliphatic carbocycles. The van der Waals surface area contributed by atoms with Gasteiger partial charge in [0.05, 0.1) is 18.8 Å². The molecule has 2 heterocycles. The van der Waals surface area contributed by atoms with E-state index in [9.17, 15) is 30.3 Å². The van der Waals surface area contributed by atoms with Crippen molar-refractivity contribution in [3.05, 3.63) is 11.1 Å². The van der Waals surface area contributed by atoms with Gasteiger partial charge in [0.15, 0.2) is 6.29 Å². The van der Waals surface area contributed by atoms with E-state index in [-0.39, 0.29) is 35.9 Å². The quantitative estimate of drug-likeness (QED) is 0.351. The zero-order valence-electron chi connectivity index (χ0n) is 17.1. The van der Waals surface area contributed by atoms with Gasteiger partial charge in [0.1, 0.15) is 30.5 Å². The van der Waals surface area contributed by atoms with Crippen LogP contribution in [-0.2, 0) is 19.0 Å². The SMILES string of the molecule is CC1=C2C[C@@H]3[C@@](C)(C[C@@H]2OC1=O)[C@@H]1C[C@@H]1[C@]3(O)CO[C@@H]1O[C@H](CO)[C@@H](O)[C@H](O)[C@H]1O. The van der Waals surface area contributed by atoms with E-state index in [1.807, 2.05) is 0 Å². The largest absolute Gasteiger partial charge is 0.454 e. The Kier molecular flexibility index (Phi) is 4.66. The van der Waals surface area contributed by atoms with Crippen molar-refractivity contribution in [3.8, 4) is 0 Å². The van der Waals surface area contributed by atoms with Crippen molar-refractivity contribution >= 4 is 5.97 Å². The molecule has 1 saturated heterocycles. The Morgan fingerprint density at radius 2 is 1.90 bits per heavy atom. The number of aliphatic hydroxyl groups is 5. The average molecular weight is 426 g/mol. The van der Waals surface area contributed by atoms with Gasteiger partial charge in [-0.05, 0) is 54.9 Å². The van der Waals surface area contributed by atoms with E-state index in [2.05, 4.69) is 6.92 Å². The maximum Gasteiger partial charge on any atom is 0.334 e. The van der Waals surface area contributed by atoms with Gasteiger partial charge in [-0.1, -0.05) is 6.92 Å². The summed E-state index contributed by atoms with van der Waals surface area (Å²) in [6.45, 7) is 3.26. The van der Waals surface area contributed by atoms with Crippen LogP contribution in [0.5, 0.6) is 0 Å². The predicted octanol–water partition coefficient (Wildman–Crippen LogP) is -1.16. The molecule has 0 spiro atoms. The molecule has 5 N–H and O–H groups in total. The second kappa shape index (κ2) is 6.71. The number of ether oxygens (including phenoxy) is 3. The molecule has 0 aromatic heterocycles. The molecule has 0 radical (unpaired) electrons. The van der Waals surface area contributed by atoms with Gasteiger partial charge in [-0.25, -0.2) is 4.79 Å². The summed E-state index contributed by atoms with van der Waals surface area (Å²) in [6, 6.07) is 0. The molecule has 0 unspecified atom stereocenters. The van der Waals surface area contributed by atoms with Gasteiger partial charge >= 0.3 is 5.97 Å². The second-order valence-corrected chi connectivity index (χ2v) is 9.96. The van der Waals surface area contributed by atoms with Crippen LogP contribution in [0.3, 0.4) is 0 Å². The second-order valence-electron chi connectivity index (χ2n) is 9.96. The van der Waals surface area contributed by atoms with Crippen LogP contribution < -0.4 is 0 Å². The molecule has 5 aliphatic rings. The van der Waals surface area contributed by atoms with Crippen molar-refractivity contribution in [2.45, 2.75) is 75.5 Å². The molecule has 2 aliphatic heterocycles. The van der Waals surface area contributed by atoms with Gasteiger partial charge < -0.3 is 39.7 Å². The van der Waals surface area contributed by atoms with Gasteiger partial charge in [-0.3, -0.25) is 0 Å². The fourth-order valence-corrected chi connectivity index (χ4v) is 6.63. The first-order chi connectivity index (χ1) is 14.1. The Morgan fingerprint density at radius 1 is 1.17 bits per heavy atom. The highest BCUT2D eigenvalue weighted by atomic mass is 16.7. The van der Waals surface area contributed by atoms with E-state index in [1.54, 1.807) is 6.92 Å². The number of esters is 1. The molecule has 4 fully saturated rings. The molecule has 0 bridgehead atoms. The van der Waals surface area contributed by atoms with Crippen molar-refractivity contribution in [1.29, 1.82) is 0 Å². The molecular formula is C21H30O9. The van der Waals surface area contributed by atoms with Gasteiger partial charge in [0.25, 0.3) is 0 Å². The summed E-state index contributed by atoms with van der Waals surface area (Å²) >= 11 is 0. The molecule has 9 nitrogen and oxygen atoms in total.